The van der Waals surface area contributed by atoms with Crippen LogP contribution in [0.2, 0.25) is 5.02 Å². The Hall–Kier alpha value is -1.34. The van der Waals surface area contributed by atoms with Gasteiger partial charge in [-0.2, -0.15) is 0 Å². The van der Waals surface area contributed by atoms with Crippen LogP contribution in [0.1, 0.15) is 45.2 Å². The van der Waals surface area contributed by atoms with E-state index in [0.717, 1.165) is 12.8 Å². The Morgan fingerprint density at radius 1 is 1.38 bits per heavy atom. The summed E-state index contributed by atoms with van der Waals surface area (Å²) in [5.41, 5.74) is 0.275. The van der Waals surface area contributed by atoms with Gasteiger partial charge in [0.15, 0.2) is 0 Å². The van der Waals surface area contributed by atoms with Crippen LogP contribution >= 0.6 is 27.5 Å². The van der Waals surface area contributed by atoms with Gasteiger partial charge in [0.1, 0.15) is 5.82 Å². The van der Waals surface area contributed by atoms with Gasteiger partial charge in [-0.1, -0.05) is 24.9 Å². The zero-order valence-corrected chi connectivity index (χ0v) is 17.4. The number of piperazine rings is 1. The van der Waals surface area contributed by atoms with Crippen molar-refractivity contribution in [2.24, 2.45) is 0 Å². The second-order valence-corrected chi connectivity index (χ2v) is 7.75. The van der Waals surface area contributed by atoms with E-state index in [-0.39, 0.29) is 28.5 Å². The highest BCUT2D eigenvalue weighted by atomic mass is 79.9. The third-order valence-corrected chi connectivity index (χ3v) is 5.21. The van der Waals surface area contributed by atoms with Gasteiger partial charge in [0.05, 0.1) is 17.1 Å². The number of hydrogen-bond acceptors (Lipinski definition) is 3. The Morgan fingerprint density at radius 2 is 2.08 bits per heavy atom. The van der Waals surface area contributed by atoms with E-state index in [1.807, 2.05) is 13.8 Å². The van der Waals surface area contributed by atoms with Crippen LogP contribution in [0.15, 0.2) is 16.6 Å². The molecule has 5 nitrogen and oxygen atoms in total. The summed E-state index contributed by atoms with van der Waals surface area (Å²) in [5.74, 6) is -0.670. The zero-order chi connectivity index (χ0) is 19.4. The molecule has 0 radical (unpaired) electrons. The maximum atomic E-state index is 14.7. The van der Waals surface area contributed by atoms with Crippen molar-refractivity contribution in [3.8, 4) is 0 Å². The SMILES string of the molecule is CCCCOC(=O)N1C[C@@H](C)N(C(C)=O)[C@H](c2cc(Cl)cc(Br)c2F)C1. The maximum Gasteiger partial charge on any atom is 0.409 e. The maximum absolute atomic E-state index is 14.7. The molecule has 0 aliphatic carbocycles. The smallest absolute Gasteiger partial charge is 0.409 e. The summed E-state index contributed by atoms with van der Waals surface area (Å²) in [7, 11) is 0. The third-order valence-electron chi connectivity index (χ3n) is 4.41. The van der Waals surface area contributed by atoms with Crippen molar-refractivity contribution >= 4 is 39.5 Å². The molecule has 1 saturated heterocycles. The number of carbonyl (C=O) groups excluding carboxylic acids is 2. The third kappa shape index (κ3) is 4.68. The van der Waals surface area contributed by atoms with Crippen LogP contribution in [-0.4, -0.2) is 47.5 Å². The monoisotopic (exact) mass is 448 g/mol. The molecule has 2 amide bonds. The molecule has 0 bridgehead atoms. The lowest BCUT2D eigenvalue weighted by atomic mass is 9.98. The molecule has 1 aromatic carbocycles. The Labute approximate surface area is 166 Å². The molecule has 26 heavy (non-hydrogen) atoms. The number of benzene rings is 1. The Morgan fingerprint density at radius 3 is 2.69 bits per heavy atom. The quantitative estimate of drug-likeness (QED) is 0.491. The van der Waals surface area contributed by atoms with Crippen molar-refractivity contribution in [1.29, 1.82) is 0 Å². The summed E-state index contributed by atoms with van der Waals surface area (Å²) in [6, 6.07) is 2.05. The molecular weight excluding hydrogens is 427 g/mol. The molecule has 0 unspecified atom stereocenters. The van der Waals surface area contributed by atoms with E-state index >= 15 is 0 Å². The Balaban J connectivity index is 2.33. The van der Waals surface area contributed by atoms with Gasteiger partial charge >= 0.3 is 6.09 Å². The molecule has 0 aromatic heterocycles. The average molecular weight is 450 g/mol. The van der Waals surface area contributed by atoms with Gasteiger partial charge < -0.3 is 14.5 Å². The number of ether oxygens (including phenoxy) is 1. The van der Waals surface area contributed by atoms with Crippen LogP contribution in [0.3, 0.4) is 0 Å². The van der Waals surface area contributed by atoms with Crippen molar-refractivity contribution in [2.45, 2.75) is 45.7 Å². The van der Waals surface area contributed by atoms with Gasteiger partial charge in [0.25, 0.3) is 0 Å². The number of unbranched alkanes of at least 4 members (excludes halogenated alkanes) is 1. The average Bonchev–Trinajstić information content (AvgIpc) is 2.57. The van der Waals surface area contributed by atoms with Crippen molar-refractivity contribution in [3.63, 3.8) is 0 Å². The van der Waals surface area contributed by atoms with Crippen LogP contribution in [0.25, 0.3) is 0 Å². The first-order valence-electron chi connectivity index (χ1n) is 8.61. The largest absolute Gasteiger partial charge is 0.449 e. The number of hydrogen-bond donors (Lipinski definition) is 0. The van der Waals surface area contributed by atoms with Crippen LogP contribution in [0.4, 0.5) is 9.18 Å². The van der Waals surface area contributed by atoms with E-state index in [2.05, 4.69) is 15.9 Å². The summed E-state index contributed by atoms with van der Waals surface area (Å²) >= 11 is 9.24. The molecule has 1 aromatic rings. The summed E-state index contributed by atoms with van der Waals surface area (Å²) < 4.78 is 20.2. The molecule has 1 fully saturated rings. The molecule has 1 heterocycles. The highest BCUT2D eigenvalue weighted by Gasteiger charge is 2.38. The van der Waals surface area contributed by atoms with Gasteiger partial charge in [-0.05, 0) is 41.4 Å². The first-order valence-corrected chi connectivity index (χ1v) is 9.78. The van der Waals surface area contributed by atoms with Gasteiger partial charge in [-0.15, -0.1) is 0 Å². The molecule has 0 spiro atoms. The molecule has 8 heteroatoms. The lowest BCUT2D eigenvalue weighted by Crippen LogP contribution is -2.56. The first kappa shape index (κ1) is 21.0. The second kappa shape index (κ2) is 9.04. The van der Waals surface area contributed by atoms with Gasteiger partial charge in [-0.25, -0.2) is 9.18 Å². The predicted octanol–water partition coefficient (Wildman–Crippen LogP) is 4.77. The number of carbonyl (C=O) groups is 2. The van der Waals surface area contributed by atoms with Crippen molar-refractivity contribution in [2.75, 3.05) is 19.7 Å². The fourth-order valence-electron chi connectivity index (χ4n) is 3.23. The zero-order valence-electron chi connectivity index (χ0n) is 15.1. The number of halogens is 3. The van der Waals surface area contributed by atoms with Gasteiger partial charge in [-0.3, -0.25) is 4.79 Å². The molecular formula is C18H23BrClFN2O3. The molecule has 2 atom stereocenters. The minimum atomic E-state index is -0.634. The lowest BCUT2D eigenvalue weighted by Gasteiger charge is -2.45. The van der Waals surface area contributed by atoms with Crippen molar-refractivity contribution in [3.05, 3.63) is 33.0 Å². The summed E-state index contributed by atoms with van der Waals surface area (Å²) in [6.45, 7) is 6.12. The number of rotatable bonds is 4. The Bertz CT molecular complexity index is 689. The van der Waals surface area contributed by atoms with E-state index in [1.54, 1.807) is 4.90 Å². The van der Waals surface area contributed by atoms with Crippen LogP contribution in [0, 0.1) is 5.82 Å². The summed E-state index contributed by atoms with van der Waals surface area (Å²) in [4.78, 5) is 27.7. The van der Waals surface area contributed by atoms with Crippen LogP contribution in [-0.2, 0) is 9.53 Å². The van der Waals surface area contributed by atoms with Crippen molar-refractivity contribution in [1.82, 2.24) is 9.80 Å². The van der Waals surface area contributed by atoms with E-state index in [9.17, 15) is 14.0 Å². The van der Waals surface area contributed by atoms with E-state index in [4.69, 9.17) is 16.3 Å². The molecule has 1 aliphatic heterocycles. The van der Waals surface area contributed by atoms with E-state index in [1.165, 1.54) is 24.0 Å². The topological polar surface area (TPSA) is 49.9 Å². The predicted molar refractivity (Wildman–Crippen MR) is 102 cm³/mol. The Kier molecular flexibility index (Phi) is 7.29. The highest BCUT2D eigenvalue weighted by molar-refractivity contribution is 9.10. The molecule has 0 N–H and O–H groups in total. The molecule has 0 saturated carbocycles. The van der Waals surface area contributed by atoms with E-state index < -0.39 is 18.0 Å². The molecule has 1 aliphatic rings. The standard InChI is InChI=1S/C18H23BrClFN2O3/c1-4-5-6-26-18(25)22-9-11(2)23(12(3)24)16(10-22)14-7-13(20)8-15(19)17(14)21/h7-8,11,16H,4-6,9-10H2,1-3H3/t11-,16+/m1/s1. The molecule has 2 rings (SSSR count). The number of nitrogens with zero attached hydrogens (tertiary/aromatic N) is 2. The van der Waals surface area contributed by atoms with Gasteiger partial charge in [0.2, 0.25) is 5.91 Å². The highest BCUT2D eigenvalue weighted by Crippen LogP contribution is 2.35. The van der Waals surface area contributed by atoms with E-state index in [0.29, 0.717) is 18.2 Å². The van der Waals surface area contributed by atoms with Crippen molar-refractivity contribution < 1.29 is 18.7 Å². The normalized spacial score (nSPS) is 20.2. The number of amides is 2. The fraction of sp³-hybridized carbons (Fsp3) is 0.556. The minimum absolute atomic E-state index is 0.151. The minimum Gasteiger partial charge on any atom is -0.449 e. The van der Waals surface area contributed by atoms with Crippen LogP contribution < -0.4 is 0 Å². The second-order valence-electron chi connectivity index (χ2n) is 6.45. The summed E-state index contributed by atoms with van der Waals surface area (Å²) in [6.07, 6.45) is 1.26. The fourth-order valence-corrected chi connectivity index (χ4v) is 4.06. The summed E-state index contributed by atoms with van der Waals surface area (Å²) in [5, 5.41) is 0.354. The lowest BCUT2D eigenvalue weighted by molar-refractivity contribution is -0.137. The first-order chi connectivity index (χ1) is 12.3. The van der Waals surface area contributed by atoms with Gasteiger partial charge in [0, 0.05) is 36.6 Å². The van der Waals surface area contributed by atoms with Crippen LogP contribution in [0.5, 0.6) is 0 Å². The molecule has 144 valence electrons.